The zero-order chi connectivity index (χ0) is 22.3. The van der Waals surface area contributed by atoms with E-state index in [9.17, 15) is 0 Å². The Bertz CT molecular complexity index is 1250. The number of fused-ring (bicyclic) bond motifs is 2. The van der Waals surface area contributed by atoms with Crippen LogP contribution in [0.1, 0.15) is 58.1 Å². The molecule has 1 aromatic carbocycles. The fraction of sp³-hybridized carbons (Fsp3) is 0.423. The molecule has 3 aromatic heterocycles. The van der Waals surface area contributed by atoms with Crippen LogP contribution in [0, 0.1) is 5.92 Å². The summed E-state index contributed by atoms with van der Waals surface area (Å²) in [6, 6.07) is 13.5. The van der Waals surface area contributed by atoms with Gasteiger partial charge in [-0.25, -0.2) is 15.0 Å². The minimum atomic E-state index is 0.0000969. The standard InChI is InChI=1S/C26H32N6/c1-26(2,3)31-23-11-9-19-8-6-18(15-22(19)30-23)5-4-17-7-10-20(14-17)32-13-12-21-24(27)28-16-29-25(21)32/h6,8-9,11-13,15-17,20H,4-5,7,10,14H2,1-3H3,(H,30,31)(H2,27,28,29)/t17-,20+/m1/s1. The van der Waals surface area contributed by atoms with Crippen molar-refractivity contribution in [2.75, 3.05) is 11.1 Å². The van der Waals surface area contributed by atoms with Crippen molar-refractivity contribution in [2.45, 2.75) is 64.5 Å². The van der Waals surface area contributed by atoms with Crippen LogP contribution in [0.2, 0.25) is 0 Å². The Balaban J connectivity index is 1.25. The van der Waals surface area contributed by atoms with Crippen LogP contribution in [0.5, 0.6) is 0 Å². The number of aromatic nitrogens is 4. The highest BCUT2D eigenvalue weighted by Gasteiger charge is 2.27. The van der Waals surface area contributed by atoms with E-state index in [1.807, 2.05) is 6.07 Å². The number of nitrogens with one attached hydrogen (secondary N) is 1. The van der Waals surface area contributed by atoms with Crippen LogP contribution in [-0.2, 0) is 6.42 Å². The van der Waals surface area contributed by atoms with Gasteiger partial charge >= 0.3 is 0 Å². The van der Waals surface area contributed by atoms with Gasteiger partial charge in [0.05, 0.1) is 10.9 Å². The van der Waals surface area contributed by atoms with Crippen molar-refractivity contribution in [2.24, 2.45) is 5.92 Å². The molecule has 166 valence electrons. The molecular weight excluding hydrogens is 396 g/mol. The van der Waals surface area contributed by atoms with Crippen LogP contribution < -0.4 is 11.1 Å². The summed E-state index contributed by atoms with van der Waals surface area (Å²) in [5.41, 5.74) is 9.41. The van der Waals surface area contributed by atoms with Gasteiger partial charge in [0.25, 0.3) is 0 Å². The highest BCUT2D eigenvalue weighted by atomic mass is 15.1. The van der Waals surface area contributed by atoms with E-state index in [0.29, 0.717) is 11.9 Å². The van der Waals surface area contributed by atoms with Crippen molar-refractivity contribution in [3.63, 3.8) is 0 Å². The number of benzene rings is 1. The second-order valence-electron chi connectivity index (χ2n) is 10.2. The Morgan fingerprint density at radius 1 is 1.09 bits per heavy atom. The smallest absolute Gasteiger partial charge is 0.145 e. The van der Waals surface area contributed by atoms with Gasteiger partial charge < -0.3 is 15.6 Å². The molecule has 0 bridgehead atoms. The normalized spacial score (nSPS) is 19.1. The zero-order valence-electron chi connectivity index (χ0n) is 19.2. The number of aryl methyl sites for hydroxylation is 1. The number of rotatable bonds is 5. The summed E-state index contributed by atoms with van der Waals surface area (Å²) in [6.07, 6.45) is 9.64. The average molecular weight is 429 g/mol. The summed E-state index contributed by atoms with van der Waals surface area (Å²) in [5.74, 6) is 2.23. The van der Waals surface area contributed by atoms with Gasteiger partial charge in [0.2, 0.25) is 0 Å². The summed E-state index contributed by atoms with van der Waals surface area (Å²) in [4.78, 5) is 13.4. The molecule has 5 rings (SSSR count). The van der Waals surface area contributed by atoms with Gasteiger partial charge in [-0.15, -0.1) is 0 Å². The topological polar surface area (TPSA) is 81.7 Å². The largest absolute Gasteiger partial charge is 0.383 e. The number of nitrogen functional groups attached to an aromatic ring is 1. The first kappa shape index (κ1) is 20.7. The van der Waals surface area contributed by atoms with Crippen LogP contribution in [0.25, 0.3) is 21.9 Å². The molecule has 2 atom stereocenters. The van der Waals surface area contributed by atoms with Crippen molar-refractivity contribution in [3.05, 3.63) is 54.5 Å². The average Bonchev–Trinajstić information content (AvgIpc) is 3.38. The molecule has 1 aliphatic carbocycles. The summed E-state index contributed by atoms with van der Waals surface area (Å²) < 4.78 is 2.30. The predicted molar refractivity (Wildman–Crippen MR) is 132 cm³/mol. The van der Waals surface area contributed by atoms with E-state index in [4.69, 9.17) is 10.7 Å². The Morgan fingerprint density at radius 2 is 1.94 bits per heavy atom. The second kappa shape index (κ2) is 8.08. The maximum Gasteiger partial charge on any atom is 0.145 e. The zero-order valence-corrected chi connectivity index (χ0v) is 19.2. The molecule has 1 aliphatic rings. The van der Waals surface area contributed by atoms with E-state index < -0.39 is 0 Å². The fourth-order valence-corrected chi connectivity index (χ4v) is 4.99. The van der Waals surface area contributed by atoms with Crippen LogP contribution in [0.15, 0.2) is 48.9 Å². The lowest BCUT2D eigenvalue weighted by Crippen LogP contribution is -2.26. The molecule has 0 aliphatic heterocycles. The third-order valence-electron chi connectivity index (χ3n) is 6.55. The molecule has 0 saturated heterocycles. The first-order chi connectivity index (χ1) is 15.4. The van der Waals surface area contributed by atoms with E-state index in [1.165, 1.54) is 36.6 Å². The molecule has 0 unspecified atom stereocenters. The molecule has 32 heavy (non-hydrogen) atoms. The molecule has 3 heterocycles. The molecule has 6 heteroatoms. The van der Waals surface area contributed by atoms with Crippen LogP contribution in [0.3, 0.4) is 0 Å². The van der Waals surface area contributed by atoms with Gasteiger partial charge in [0.1, 0.15) is 23.6 Å². The maximum absolute atomic E-state index is 6.01. The van der Waals surface area contributed by atoms with Gasteiger partial charge in [0, 0.05) is 23.2 Å². The van der Waals surface area contributed by atoms with Crippen LogP contribution in [-0.4, -0.2) is 25.1 Å². The van der Waals surface area contributed by atoms with E-state index in [0.717, 1.165) is 34.7 Å². The van der Waals surface area contributed by atoms with Crippen molar-refractivity contribution in [1.29, 1.82) is 0 Å². The minimum absolute atomic E-state index is 0.0000969. The Labute approximate surface area is 189 Å². The molecule has 0 radical (unpaired) electrons. The van der Waals surface area contributed by atoms with E-state index >= 15 is 0 Å². The van der Waals surface area contributed by atoms with Crippen molar-refractivity contribution < 1.29 is 0 Å². The monoisotopic (exact) mass is 428 g/mol. The predicted octanol–water partition coefficient (Wildman–Crippen LogP) is 5.75. The molecule has 1 saturated carbocycles. The van der Waals surface area contributed by atoms with E-state index in [-0.39, 0.29) is 5.54 Å². The highest BCUT2D eigenvalue weighted by molar-refractivity contribution is 5.86. The summed E-state index contributed by atoms with van der Waals surface area (Å²) in [5, 5.41) is 5.62. The van der Waals surface area contributed by atoms with Gasteiger partial charge in [-0.1, -0.05) is 12.1 Å². The molecule has 0 spiro atoms. The Hall–Kier alpha value is -3.15. The summed E-state index contributed by atoms with van der Waals surface area (Å²) >= 11 is 0. The van der Waals surface area contributed by atoms with Crippen molar-refractivity contribution in [3.8, 4) is 0 Å². The minimum Gasteiger partial charge on any atom is -0.383 e. The van der Waals surface area contributed by atoms with Gasteiger partial charge in [-0.05, 0) is 88.6 Å². The van der Waals surface area contributed by atoms with Crippen molar-refractivity contribution >= 4 is 33.6 Å². The lowest BCUT2D eigenvalue weighted by Gasteiger charge is -2.21. The molecule has 4 aromatic rings. The lowest BCUT2D eigenvalue weighted by molar-refractivity contribution is 0.461. The van der Waals surface area contributed by atoms with Gasteiger partial charge in [-0.3, -0.25) is 0 Å². The quantitative estimate of drug-likeness (QED) is 0.423. The van der Waals surface area contributed by atoms with Gasteiger partial charge in [0.15, 0.2) is 0 Å². The molecular formula is C26H32N6. The molecule has 0 amide bonds. The lowest BCUT2D eigenvalue weighted by atomic mass is 9.97. The van der Waals surface area contributed by atoms with E-state index in [2.05, 4.69) is 77.2 Å². The van der Waals surface area contributed by atoms with Crippen molar-refractivity contribution in [1.82, 2.24) is 19.5 Å². The number of nitrogens with two attached hydrogens (primary N) is 1. The second-order valence-corrected chi connectivity index (χ2v) is 10.2. The Morgan fingerprint density at radius 3 is 2.78 bits per heavy atom. The maximum atomic E-state index is 6.01. The Kier molecular flexibility index (Phi) is 5.24. The molecule has 6 nitrogen and oxygen atoms in total. The number of hydrogen-bond acceptors (Lipinski definition) is 5. The third-order valence-corrected chi connectivity index (χ3v) is 6.55. The highest BCUT2D eigenvalue weighted by Crippen LogP contribution is 2.39. The van der Waals surface area contributed by atoms with E-state index in [1.54, 1.807) is 6.33 Å². The number of nitrogens with zero attached hydrogens (tertiary/aromatic N) is 4. The fourth-order valence-electron chi connectivity index (χ4n) is 4.99. The first-order valence-electron chi connectivity index (χ1n) is 11.6. The molecule has 3 N–H and O–H groups in total. The number of pyridine rings is 1. The third kappa shape index (κ3) is 4.27. The summed E-state index contributed by atoms with van der Waals surface area (Å²) in [7, 11) is 0. The van der Waals surface area contributed by atoms with Gasteiger partial charge in [-0.2, -0.15) is 0 Å². The first-order valence-corrected chi connectivity index (χ1v) is 11.6. The summed E-state index contributed by atoms with van der Waals surface area (Å²) in [6.45, 7) is 6.47. The molecule has 1 fully saturated rings. The SMILES string of the molecule is CC(C)(C)Nc1ccc2ccc(CC[C@@H]3CC[C@H](n4ccc5c(N)ncnc54)C3)cc2n1. The number of anilines is 2. The number of hydrogen-bond donors (Lipinski definition) is 2. The van der Waals surface area contributed by atoms with Crippen LogP contribution in [0.4, 0.5) is 11.6 Å². The van der Waals surface area contributed by atoms with Crippen LogP contribution >= 0.6 is 0 Å².